The molecule has 1 aromatic heterocycles. The zero-order chi connectivity index (χ0) is 18.8. The molecule has 0 saturated carbocycles. The third-order valence-electron chi connectivity index (χ3n) is 4.57. The minimum absolute atomic E-state index is 0.00580. The third-order valence-corrected chi connectivity index (χ3v) is 4.57. The lowest BCUT2D eigenvalue weighted by atomic mass is 10.1. The van der Waals surface area contributed by atoms with Crippen LogP contribution in [0, 0.1) is 19.8 Å². The first-order chi connectivity index (χ1) is 12.4. The number of aromatic nitrogens is 1. The minimum atomic E-state index is -0.158. The molecule has 0 fully saturated rings. The Bertz CT molecular complexity index is 1020. The summed E-state index contributed by atoms with van der Waals surface area (Å²) in [4.78, 5) is 30.1. The molecule has 3 rings (SSSR count). The molecule has 1 heterocycles. The predicted octanol–water partition coefficient (Wildman–Crippen LogP) is 4.33. The fourth-order valence-electron chi connectivity index (χ4n) is 3.08. The van der Waals surface area contributed by atoms with Crippen LogP contribution in [0.5, 0.6) is 0 Å². The SMILES string of the molecule is Cc1ccc(C)c(N(Cc2cc3ccccc3[nH]c2=O)C(=O)C(C)C)c1. The number of fused-ring (bicyclic) bond motifs is 1. The monoisotopic (exact) mass is 348 g/mol. The Labute approximate surface area is 153 Å². The van der Waals surface area contributed by atoms with E-state index in [-0.39, 0.29) is 23.9 Å². The van der Waals surface area contributed by atoms with Crippen LogP contribution < -0.4 is 10.5 Å². The van der Waals surface area contributed by atoms with Gasteiger partial charge in [0.2, 0.25) is 5.91 Å². The third kappa shape index (κ3) is 3.54. The van der Waals surface area contributed by atoms with E-state index in [1.807, 2.05) is 76.2 Å². The van der Waals surface area contributed by atoms with E-state index in [1.54, 1.807) is 4.90 Å². The van der Waals surface area contributed by atoms with Crippen LogP contribution in [0.4, 0.5) is 5.69 Å². The van der Waals surface area contributed by atoms with Crippen molar-refractivity contribution < 1.29 is 4.79 Å². The molecule has 0 spiro atoms. The van der Waals surface area contributed by atoms with Gasteiger partial charge in [0.15, 0.2) is 0 Å². The van der Waals surface area contributed by atoms with Gasteiger partial charge in [0, 0.05) is 22.7 Å². The number of nitrogens with one attached hydrogen (secondary N) is 1. The molecule has 0 bridgehead atoms. The van der Waals surface area contributed by atoms with E-state index < -0.39 is 0 Å². The molecule has 26 heavy (non-hydrogen) atoms. The highest BCUT2D eigenvalue weighted by atomic mass is 16.2. The number of benzene rings is 2. The summed E-state index contributed by atoms with van der Waals surface area (Å²) in [6, 6.07) is 15.6. The number of hydrogen-bond acceptors (Lipinski definition) is 2. The lowest BCUT2D eigenvalue weighted by molar-refractivity contribution is -0.121. The summed E-state index contributed by atoms with van der Waals surface area (Å²) >= 11 is 0. The smallest absolute Gasteiger partial charge is 0.253 e. The lowest BCUT2D eigenvalue weighted by Crippen LogP contribution is -2.36. The predicted molar refractivity (Wildman–Crippen MR) is 107 cm³/mol. The van der Waals surface area contributed by atoms with Crippen LogP contribution >= 0.6 is 0 Å². The van der Waals surface area contributed by atoms with Gasteiger partial charge >= 0.3 is 0 Å². The summed E-state index contributed by atoms with van der Waals surface area (Å²) in [5.74, 6) is -0.152. The summed E-state index contributed by atoms with van der Waals surface area (Å²) in [6.45, 7) is 8.00. The second kappa shape index (κ2) is 7.16. The molecule has 4 nitrogen and oxygen atoms in total. The van der Waals surface area contributed by atoms with Gasteiger partial charge in [-0.15, -0.1) is 0 Å². The average molecular weight is 348 g/mol. The Morgan fingerprint density at radius 1 is 1.08 bits per heavy atom. The molecule has 0 aliphatic rings. The molecule has 3 aromatic rings. The molecule has 0 radical (unpaired) electrons. The van der Waals surface area contributed by atoms with Crippen molar-refractivity contribution in [2.45, 2.75) is 34.2 Å². The lowest BCUT2D eigenvalue weighted by Gasteiger charge is -2.26. The standard InChI is InChI=1S/C22H24N2O2/c1-14(2)22(26)24(20-11-15(3)9-10-16(20)4)13-18-12-17-7-5-6-8-19(17)23-21(18)25/h5-12,14H,13H2,1-4H3,(H,23,25). The number of H-pyrrole nitrogens is 1. The maximum atomic E-state index is 12.9. The Kier molecular flexibility index (Phi) is 4.94. The largest absolute Gasteiger partial charge is 0.322 e. The molecule has 4 heteroatoms. The summed E-state index contributed by atoms with van der Waals surface area (Å²) in [5.41, 5.74) is 4.18. The van der Waals surface area contributed by atoms with Crippen LogP contribution in [-0.4, -0.2) is 10.9 Å². The van der Waals surface area contributed by atoms with Crippen molar-refractivity contribution in [2.75, 3.05) is 4.90 Å². The number of hydrogen-bond donors (Lipinski definition) is 1. The van der Waals surface area contributed by atoms with E-state index in [1.165, 1.54) is 0 Å². The van der Waals surface area contributed by atoms with Gasteiger partial charge < -0.3 is 9.88 Å². The van der Waals surface area contributed by atoms with Crippen LogP contribution in [0.25, 0.3) is 10.9 Å². The molecule has 2 aromatic carbocycles. The van der Waals surface area contributed by atoms with Crippen molar-refractivity contribution in [1.82, 2.24) is 4.98 Å². The molecule has 0 aliphatic heterocycles. The van der Waals surface area contributed by atoms with Gasteiger partial charge in [-0.1, -0.05) is 44.2 Å². The number of aryl methyl sites for hydroxylation is 2. The Hall–Kier alpha value is -2.88. The van der Waals surface area contributed by atoms with E-state index in [2.05, 4.69) is 4.98 Å². The van der Waals surface area contributed by atoms with E-state index in [9.17, 15) is 9.59 Å². The number of rotatable bonds is 4. The van der Waals surface area contributed by atoms with Crippen molar-refractivity contribution in [3.63, 3.8) is 0 Å². The maximum absolute atomic E-state index is 12.9. The van der Waals surface area contributed by atoms with Crippen LogP contribution in [0.3, 0.4) is 0 Å². The van der Waals surface area contributed by atoms with Crippen molar-refractivity contribution >= 4 is 22.5 Å². The average Bonchev–Trinajstić information content (AvgIpc) is 2.61. The van der Waals surface area contributed by atoms with Crippen molar-refractivity contribution in [2.24, 2.45) is 5.92 Å². The van der Waals surface area contributed by atoms with Gasteiger partial charge in [-0.2, -0.15) is 0 Å². The number of carbonyl (C=O) groups is 1. The van der Waals surface area contributed by atoms with Crippen LogP contribution in [0.2, 0.25) is 0 Å². The number of pyridine rings is 1. The first-order valence-corrected chi connectivity index (χ1v) is 8.86. The number of para-hydroxylation sites is 1. The Balaban J connectivity index is 2.09. The van der Waals surface area contributed by atoms with Gasteiger partial charge in [0.25, 0.3) is 5.56 Å². The molecule has 134 valence electrons. The first-order valence-electron chi connectivity index (χ1n) is 8.86. The van der Waals surface area contributed by atoms with Gasteiger partial charge in [-0.05, 0) is 48.6 Å². The highest BCUT2D eigenvalue weighted by Crippen LogP contribution is 2.25. The Morgan fingerprint density at radius 2 is 1.81 bits per heavy atom. The second-order valence-corrected chi connectivity index (χ2v) is 7.08. The topological polar surface area (TPSA) is 53.2 Å². The fourth-order valence-corrected chi connectivity index (χ4v) is 3.08. The second-order valence-electron chi connectivity index (χ2n) is 7.08. The van der Waals surface area contributed by atoms with Crippen molar-refractivity contribution in [3.05, 3.63) is 75.6 Å². The quantitative estimate of drug-likeness (QED) is 0.763. The highest BCUT2D eigenvalue weighted by molar-refractivity contribution is 5.95. The highest BCUT2D eigenvalue weighted by Gasteiger charge is 2.22. The van der Waals surface area contributed by atoms with E-state index in [0.29, 0.717) is 5.56 Å². The van der Waals surface area contributed by atoms with Gasteiger partial charge in [0.1, 0.15) is 0 Å². The van der Waals surface area contributed by atoms with Crippen LogP contribution in [-0.2, 0) is 11.3 Å². The molecule has 1 N–H and O–H groups in total. The van der Waals surface area contributed by atoms with E-state index in [0.717, 1.165) is 27.7 Å². The van der Waals surface area contributed by atoms with Crippen molar-refractivity contribution in [1.29, 1.82) is 0 Å². The molecular formula is C22H24N2O2. The van der Waals surface area contributed by atoms with Crippen LogP contribution in [0.1, 0.15) is 30.5 Å². The molecular weight excluding hydrogens is 324 g/mol. The number of nitrogens with zero attached hydrogens (tertiary/aromatic N) is 1. The first kappa shape index (κ1) is 17.9. The number of amides is 1. The van der Waals surface area contributed by atoms with E-state index in [4.69, 9.17) is 0 Å². The van der Waals surface area contributed by atoms with Crippen LogP contribution in [0.15, 0.2) is 53.3 Å². The zero-order valence-corrected chi connectivity index (χ0v) is 15.7. The maximum Gasteiger partial charge on any atom is 0.253 e. The molecule has 0 aliphatic carbocycles. The van der Waals surface area contributed by atoms with E-state index >= 15 is 0 Å². The normalized spacial score (nSPS) is 11.1. The van der Waals surface area contributed by atoms with Crippen molar-refractivity contribution in [3.8, 4) is 0 Å². The summed E-state index contributed by atoms with van der Waals surface area (Å²) in [6.07, 6.45) is 0. The molecule has 0 saturated heterocycles. The fraction of sp³-hybridized carbons (Fsp3) is 0.273. The van der Waals surface area contributed by atoms with Gasteiger partial charge in [-0.25, -0.2) is 0 Å². The molecule has 0 atom stereocenters. The molecule has 1 amide bonds. The number of aromatic amines is 1. The minimum Gasteiger partial charge on any atom is -0.322 e. The Morgan fingerprint density at radius 3 is 2.54 bits per heavy atom. The number of anilines is 1. The number of carbonyl (C=O) groups excluding carboxylic acids is 1. The van der Waals surface area contributed by atoms with Gasteiger partial charge in [0.05, 0.1) is 6.54 Å². The molecule has 0 unspecified atom stereocenters. The van der Waals surface area contributed by atoms with Gasteiger partial charge in [-0.3, -0.25) is 9.59 Å². The summed E-state index contributed by atoms with van der Waals surface area (Å²) in [7, 11) is 0. The summed E-state index contributed by atoms with van der Waals surface area (Å²) in [5, 5.41) is 0.958. The summed E-state index contributed by atoms with van der Waals surface area (Å²) < 4.78 is 0. The zero-order valence-electron chi connectivity index (χ0n) is 15.7.